The average molecular weight is 358 g/mol. The maximum atomic E-state index is 12.1. The molecule has 2 aromatic carbocycles. The fourth-order valence-corrected chi connectivity index (χ4v) is 2.97. The van der Waals surface area contributed by atoms with Crippen molar-refractivity contribution in [2.45, 2.75) is 19.4 Å². The first-order valence-electron chi connectivity index (χ1n) is 8.22. The first-order chi connectivity index (χ1) is 12.1. The van der Waals surface area contributed by atoms with Gasteiger partial charge in [0.1, 0.15) is 5.75 Å². The van der Waals surface area contributed by atoms with Gasteiger partial charge in [-0.1, -0.05) is 41.9 Å². The lowest BCUT2D eigenvalue weighted by Crippen LogP contribution is -2.34. The summed E-state index contributed by atoms with van der Waals surface area (Å²) in [6.45, 7) is 2.74. The number of carbonyl (C=O) groups is 1. The van der Waals surface area contributed by atoms with Crippen LogP contribution in [0.1, 0.15) is 28.8 Å². The molecular formula is C19H20ClN3O2. The Balaban J connectivity index is 1.52. The van der Waals surface area contributed by atoms with Gasteiger partial charge in [-0.3, -0.25) is 9.69 Å². The number of phenols is 1. The van der Waals surface area contributed by atoms with Crippen LogP contribution in [-0.2, 0) is 6.54 Å². The van der Waals surface area contributed by atoms with Crippen molar-refractivity contribution in [3.05, 3.63) is 64.7 Å². The summed E-state index contributed by atoms with van der Waals surface area (Å²) in [6.07, 6.45) is 1.63. The van der Waals surface area contributed by atoms with Gasteiger partial charge in [-0.05, 0) is 23.8 Å². The molecule has 2 aromatic rings. The Kier molecular flexibility index (Phi) is 5.68. The molecule has 3 rings (SSSR count). The van der Waals surface area contributed by atoms with Crippen molar-refractivity contribution in [2.75, 3.05) is 13.1 Å². The van der Waals surface area contributed by atoms with Gasteiger partial charge in [0.2, 0.25) is 0 Å². The van der Waals surface area contributed by atoms with Crippen molar-refractivity contribution in [1.29, 1.82) is 0 Å². The molecule has 1 saturated heterocycles. The van der Waals surface area contributed by atoms with Gasteiger partial charge in [-0.2, -0.15) is 5.10 Å². The molecule has 130 valence electrons. The van der Waals surface area contributed by atoms with Gasteiger partial charge in [0.25, 0.3) is 5.91 Å². The van der Waals surface area contributed by atoms with E-state index in [1.807, 2.05) is 18.2 Å². The van der Waals surface area contributed by atoms with Crippen LogP contribution < -0.4 is 5.43 Å². The zero-order valence-electron chi connectivity index (χ0n) is 13.8. The standard InChI is InChI=1S/C19H20ClN3O2/c20-15-6-7-18(24)17(12-15)19(25)22-21-16-8-10-23(11-9-16)13-14-4-2-1-3-5-14/h1-7,12,24H,8-11,13H2,(H,22,25). The summed E-state index contributed by atoms with van der Waals surface area (Å²) in [7, 11) is 0. The minimum Gasteiger partial charge on any atom is -0.507 e. The predicted molar refractivity (Wildman–Crippen MR) is 99.0 cm³/mol. The first kappa shape index (κ1) is 17.5. The van der Waals surface area contributed by atoms with Crippen molar-refractivity contribution >= 4 is 23.2 Å². The van der Waals surface area contributed by atoms with Crippen LogP contribution in [0.4, 0.5) is 0 Å². The molecule has 1 amide bonds. The lowest BCUT2D eigenvalue weighted by Gasteiger charge is -2.27. The summed E-state index contributed by atoms with van der Waals surface area (Å²) >= 11 is 5.86. The van der Waals surface area contributed by atoms with E-state index in [0.29, 0.717) is 5.02 Å². The van der Waals surface area contributed by atoms with Crippen LogP contribution in [0, 0.1) is 0 Å². The molecule has 0 atom stereocenters. The molecule has 6 heteroatoms. The third-order valence-corrected chi connectivity index (χ3v) is 4.44. The van der Waals surface area contributed by atoms with Crippen molar-refractivity contribution in [2.24, 2.45) is 5.10 Å². The van der Waals surface area contributed by atoms with E-state index in [0.717, 1.165) is 38.2 Å². The number of nitrogens with one attached hydrogen (secondary N) is 1. The van der Waals surface area contributed by atoms with Crippen molar-refractivity contribution in [1.82, 2.24) is 10.3 Å². The first-order valence-corrected chi connectivity index (χ1v) is 8.60. The summed E-state index contributed by atoms with van der Waals surface area (Å²) in [5.41, 5.74) is 4.89. The zero-order valence-corrected chi connectivity index (χ0v) is 14.5. The normalized spacial score (nSPS) is 15.0. The number of amides is 1. The molecule has 0 bridgehead atoms. The quantitative estimate of drug-likeness (QED) is 0.824. The fraction of sp³-hybridized carbons (Fsp3) is 0.263. The number of aromatic hydroxyl groups is 1. The second kappa shape index (κ2) is 8.14. The summed E-state index contributed by atoms with van der Waals surface area (Å²) in [5, 5.41) is 14.3. The summed E-state index contributed by atoms with van der Waals surface area (Å²) in [6, 6.07) is 14.7. The summed E-state index contributed by atoms with van der Waals surface area (Å²) < 4.78 is 0. The number of hydrogen-bond acceptors (Lipinski definition) is 4. The number of hydrogen-bond donors (Lipinski definition) is 2. The van der Waals surface area contributed by atoms with E-state index < -0.39 is 5.91 Å². The van der Waals surface area contributed by atoms with Crippen LogP contribution in [0.2, 0.25) is 5.02 Å². The number of likely N-dealkylation sites (tertiary alicyclic amines) is 1. The summed E-state index contributed by atoms with van der Waals surface area (Å²) in [4.78, 5) is 14.5. The number of halogens is 1. The molecule has 0 aromatic heterocycles. The molecule has 1 heterocycles. The second-order valence-electron chi connectivity index (χ2n) is 6.04. The Morgan fingerprint density at radius 3 is 2.60 bits per heavy atom. The minimum absolute atomic E-state index is 0.111. The van der Waals surface area contributed by atoms with Crippen LogP contribution in [-0.4, -0.2) is 34.7 Å². The molecule has 1 fully saturated rings. The van der Waals surface area contributed by atoms with Gasteiger partial charge in [-0.15, -0.1) is 0 Å². The zero-order chi connectivity index (χ0) is 17.6. The molecule has 0 saturated carbocycles. The molecule has 0 unspecified atom stereocenters. The van der Waals surface area contributed by atoms with Gasteiger partial charge < -0.3 is 5.11 Å². The highest BCUT2D eigenvalue weighted by Crippen LogP contribution is 2.21. The Bertz CT molecular complexity index is 767. The van der Waals surface area contributed by atoms with Crippen molar-refractivity contribution < 1.29 is 9.90 Å². The van der Waals surface area contributed by atoms with Crippen molar-refractivity contribution in [3.8, 4) is 5.75 Å². The van der Waals surface area contributed by atoms with Gasteiger partial charge in [-0.25, -0.2) is 5.43 Å². The monoisotopic (exact) mass is 357 g/mol. The SMILES string of the molecule is O=C(NN=C1CCN(Cc2ccccc2)CC1)c1cc(Cl)ccc1O. The van der Waals surface area contributed by atoms with Gasteiger partial charge in [0.05, 0.1) is 5.56 Å². The third kappa shape index (κ3) is 4.81. The van der Waals surface area contributed by atoms with Crippen LogP contribution in [0.5, 0.6) is 5.75 Å². The number of nitrogens with zero attached hydrogens (tertiary/aromatic N) is 2. The molecule has 0 spiro atoms. The minimum atomic E-state index is -0.459. The Hall–Kier alpha value is -2.37. The van der Waals surface area contributed by atoms with E-state index in [2.05, 4.69) is 27.6 Å². The molecule has 2 N–H and O–H groups in total. The lowest BCUT2D eigenvalue weighted by atomic mass is 10.1. The van der Waals surface area contributed by atoms with E-state index in [9.17, 15) is 9.90 Å². The Morgan fingerprint density at radius 1 is 1.16 bits per heavy atom. The van der Waals surface area contributed by atoms with Gasteiger partial charge in [0, 0.05) is 43.2 Å². The van der Waals surface area contributed by atoms with Crippen LogP contribution in [0.15, 0.2) is 53.6 Å². The van der Waals surface area contributed by atoms with Crippen LogP contribution in [0.25, 0.3) is 0 Å². The predicted octanol–water partition coefficient (Wildman–Crippen LogP) is 3.43. The van der Waals surface area contributed by atoms with Gasteiger partial charge in [0.15, 0.2) is 0 Å². The highest BCUT2D eigenvalue weighted by atomic mass is 35.5. The lowest BCUT2D eigenvalue weighted by molar-refractivity contribution is 0.0951. The highest BCUT2D eigenvalue weighted by molar-refractivity contribution is 6.31. The third-order valence-electron chi connectivity index (χ3n) is 4.20. The molecule has 5 nitrogen and oxygen atoms in total. The van der Waals surface area contributed by atoms with E-state index in [4.69, 9.17) is 11.6 Å². The molecule has 1 aliphatic heterocycles. The fourth-order valence-electron chi connectivity index (χ4n) is 2.80. The number of carbonyl (C=O) groups excluding carboxylic acids is 1. The Labute approximate surface area is 151 Å². The van der Waals surface area contributed by atoms with Crippen molar-refractivity contribution in [3.63, 3.8) is 0 Å². The Morgan fingerprint density at radius 2 is 1.88 bits per heavy atom. The topological polar surface area (TPSA) is 64.9 Å². The number of rotatable bonds is 4. The van der Waals surface area contributed by atoms with Crippen LogP contribution in [0.3, 0.4) is 0 Å². The number of phenolic OH excluding ortho intramolecular Hbond substituents is 1. The smallest absolute Gasteiger partial charge is 0.275 e. The maximum Gasteiger partial charge on any atom is 0.275 e. The largest absolute Gasteiger partial charge is 0.507 e. The van der Waals surface area contributed by atoms with E-state index >= 15 is 0 Å². The molecular weight excluding hydrogens is 338 g/mol. The highest BCUT2D eigenvalue weighted by Gasteiger charge is 2.16. The second-order valence-corrected chi connectivity index (χ2v) is 6.48. The average Bonchev–Trinajstić information content (AvgIpc) is 2.64. The van der Waals surface area contributed by atoms with Crippen LogP contribution >= 0.6 is 11.6 Å². The molecule has 0 radical (unpaired) electrons. The number of piperidine rings is 1. The molecule has 1 aliphatic rings. The van der Waals surface area contributed by atoms with Gasteiger partial charge >= 0.3 is 0 Å². The molecule has 25 heavy (non-hydrogen) atoms. The summed E-state index contributed by atoms with van der Waals surface area (Å²) in [5.74, 6) is -0.570. The van der Waals surface area contributed by atoms with E-state index in [-0.39, 0.29) is 11.3 Å². The maximum absolute atomic E-state index is 12.1. The number of hydrazone groups is 1. The van der Waals surface area contributed by atoms with E-state index in [1.165, 1.54) is 23.8 Å². The molecule has 0 aliphatic carbocycles. The number of benzene rings is 2. The van der Waals surface area contributed by atoms with E-state index in [1.54, 1.807) is 0 Å².